The Bertz CT molecular complexity index is 1200. The number of sulfone groups is 1. The molecule has 0 aromatic heterocycles. The van der Waals surface area contributed by atoms with Crippen LogP contribution in [0.25, 0.3) is 0 Å². The van der Waals surface area contributed by atoms with Gasteiger partial charge in [-0.3, -0.25) is 9.59 Å². The molecule has 38 heavy (non-hydrogen) atoms. The summed E-state index contributed by atoms with van der Waals surface area (Å²) in [5.74, 6) is 0.640. The van der Waals surface area contributed by atoms with Gasteiger partial charge in [0.1, 0.15) is 0 Å². The zero-order valence-electron chi connectivity index (χ0n) is 22.9. The summed E-state index contributed by atoms with van der Waals surface area (Å²) in [6.07, 6.45) is 5.14. The van der Waals surface area contributed by atoms with Crippen LogP contribution in [-0.4, -0.2) is 62.5 Å². The van der Waals surface area contributed by atoms with Crippen molar-refractivity contribution < 1.29 is 18.0 Å². The van der Waals surface area contributed by atoms with E-state index in [-0.39, 0.29) is 23.3 Å². The molecular weight excluding hydrogens is 498 g/mol. The van der Waals surface area contributed by atoms with Crippen LogP contribution in [0, 0.1) is 11.3 Å². The van der Waals surface area contributed by atoms with Crippen LogP contribution in [0.5, 0.6) is 0 Å². The third-order valence-electron chi connectivity index (χ3n) is 8.00. The summed E-state index contributed by atoms with van der Waals surface area (Å²) in [6.45, 7) is 8.01. The van der Waals surface area contributed by atoms with E-state index in [1.165, 1.54) is 6.26 Å². The molecule has 0 radical (unpaired) electrons. The Hall–Kier alpha value is -2.71. The maximum Gasteiger partial charge on any atom is 0.229 e. The van der Waals surface area contributed by atoms with Gasteiger partial charge in [0, 0.05) is 32.3 Å². The summed E-state index contributed by atoms with van der Waals surface area (Å²) in [4.78, 5) is 30.6. The van der Waals surface area contributed by atoms with E-state index >= 15 is 0 Å². The average Bonchev–Trinajstić information content (AvgIpc) is 3.17. The van der Waals surface area contributed by atoms with E-state index < -0.39 is 9.84 Å². The van der Waals surface area contributed by atoms with E-state index in [1.807, 2.05) is 23.1 Å². The van der Waals surface area contributed by atoms with Crippen LogP contribution in [-0.2, 0) is 26.0 Å². The van der Waals surface area contributed by atoms with E-state index in [0.717, 1.165) is 63.0 Å². The van der Waals surface area contributed by atoms with E-state index in [4.69, 9.17) is 0 Å². The van der Waals surface area contributed by atoms with Crippen LogP contribution < -0.4 is 5.32 Å². The van der Waals surface area contributed by atoms with Crippen molar-refractivity contribution in [3.63, 3.8) is 0 Å². The molecule has 1 unspecified atom stereocenters. The Morgan fingerprint density at radius 2 is 1.61 bits per heavy atom. The number of piperidine rings is 1. The van der Waals surface area contributed by atoms with E-state index in [2.05, 4.69) is 36.2 Å². The van der Waals surface area contributed by atoms with Crippen molar-refractivity contribution in [2.45, 2.75) is 63.4 Å². The second kappa shape index (κ2) is 12.0. The van der Waals surface area contributed by atoms with Gasteiger partial charge < -0.3 is 15.1 Å². The van der Waals surface area contributed by atoms with Gasteiger partial charge in [-0.25, -0.2) is 8.42 Å². The molecule has 1 spiro atoms. The highest BCUT2D eigenvalue weighted by Gasteiger charge is 2.47. The fraction of sp³-hybridized carbons (Fsp3) is 0.533. The SMILES string of the molecule is CC(C)CC(=O)NC(CCN1CCC2(CC1)CCN(Cc1ccc(S(C)(=O)=O)cc1)C2=O)c1ccccc1. The van der Waals surface area contributed by atoms with Crippen LogP contribution in [0.2, 0.25) is 0 Å². The number of carbonyl (C=O) groups is 2. The number of hydrogen-bond donors (Lipinski definition) is 1. The van der Waals surface area contributed by atoms with Crippen LogP contribution in [0.15, 0.2) is 59.5 Å². The summed E-state index contributed by atoms with van der Waals surface area (Å²) >= 11 is 0. The Morgan fingerprint density at radius 1 is 0.974 bits per heavy atom. The van der Waals surface area contributed by atoms with Gasteiger partial charge in [0.2, 0.25) is 11.8 Å². The molecule has 2 fully saturated rings. The first-order valence-corrected chi connectivity index (χ1v) is 15.6. The molecule has 206 valence electrons. The fourth-order valence-electron chi connectivity index (χ4n) is 5.72. The standard InChI is InChI=1S/C30H41N3O4S/c1-23(2)21-28(34)31-27(25-7-5-4-6-8-25)13-17-32-18-14-30(15-19-32)16-20-33(29(30)35)22-24-9-11-26(12-10-24)38(3,36)37/h4-12,23,27H,13-22H2,1-3H3,(H,31,34). The minimum atomic E-state index is -3.23. The number of nitrogens with one attached hydrogen (secondary N) is 1. The molecule has 2 aliphatic heterocycles. The molecule has 1 N–H and O–H groups in total. The molecule has 2 aromatic carbocycles. The molecule has 7 nitrogen and oxygen atoms in total. The van der Waals surface area contributed by atoms with Gasteiger partial charge in [-0.1, -0.05) is 56.3 Å². The van der Waals surface area contributed by atoms with Gasteiger partial charge in [-0.2, -0.15) is 0 Å². The number of likely N-dealkylation sites (tertiary alicyclic amines) is 2. The van der Waals surface area contributed by atoms with Crippen molar-refractivity contribution in [2.24, 2.45) is 11.3 Å². The van der Waals surface area contributed by atoms with Crippen molar-refractivity contribution in [1.82, 2.24) is 15.1 Å². The first-order chi connectivity index (χ1) is 18.1. The summed E-state index contributed by atoms with van der Waals surface area (Å²) in [7, 11) is -3.23. The lowest BCUT2D eigenvalue weighted by Crippen LogP contribution is -2.45. The number of benzene rings is 2. The quantitative estimate of drug-likeness (QED) is 0.489. The molecular formula is C30H41N3O4S. The van der Waals surface area contributed by atoms with Crippen LogP contribution >= 0.6 is 0 Å². The van der Waals surface area contributed by atoms with Crippen molar-refractivity contribution in [2.75, 3.05) is 32.4 Å². The van der Waals surface area contributed by atoms with Gasteiger partial charge in [-0.15, -0.1) is 0 Å². The fourth-order valence-corrected chi connectivity index (χ4v) is 6.35. The minimum absolute atomic E-state index is 0.0176. The highest BCUT2D eigenvalue weighted by molar-refractivity contribution is 7.90. The second-order valence-electron chi connectivity index (χ2n) is 11.4. The van der Waals surface area contributed by atoms with Gasteiger partial charge in [0.15, 0.2) is 9.84 Å². The largest absolute Gasteiger partial charge is 0.349 e. The molecule has 2 aromatic rings. The monoisotopic (exact) mass is 539 g/mol. The number of amides is 2. The number of rotatable bonds is 10. The van der Waals surface area contributed by atoms with E-state index in [1.54, 1.807) is 24.3 Å². The Labute approximate surface area is 227 Å². The van der Waals surface area contributed by atoms with Gasteiger partial charge in [0.25, 0.3) is 0 Å². The van der Waals surface area contributed by atoms with Crippen molar-refractivity contribution in [3.8, 4) is 0 Å². The molecule has 4 rings (SSSR count). The van der Waals surface area contributed by atoms with Crippen LogP contribution in [0.3, 0.4) is 0 Å². The van der Waals surface area contributed by atoms with Crippen molar-refractivity contribution in [3.05, 3.63) is 65.7 Å². The second-order valence-corrected chi connectivity index (χ2v) is 13.4. The lowest BCUT2D eigenvalue weighted by Gasteiger charge is -2.38. The number of nitrogens with zero attached hydrogens (tertiary/aromatic N) is 2. The number of hydrogen-bond acceptors (Lipinski definition) is 5. The Kier molecular flexibility index (Phi) is 8.93. The average molecular weight is 540 g/mol. The third-order valence-corrected chi connectivity index (χ3v) is 9.13. The summed E-state index contributed by atoms with van der Waals surface area (Å²) in [5, 5.41) is 3.24. The van der Waals surface area contributed by atoms with Gasteiger partial charge in [-0.05, 0) is 68.0 Å². The van der Waals surface area contributed by atoms with Gasteiger partial charge >= 0.3 is 0 Å². The Morgan fingerprint density at radius 3 is 2.21 bits per heavy atom. The van der Waals surface area contributed by atoms with Crippen LogP contribution in [0.1, 0.15) is 63.1 Å². The summed E-state index contributed by atoms with van der Waals surface area (Å²) in [6, 6.07) is 17.0. The Balaban J connectivity index is 1.30. The van der Waals surface area contributed by atoms with E-state index in [9.17, 15) is 18.0 Å². The predicted octanol–water partition coefficient (Wildman–Crippen LogP) is 4.20. The molecule has 2 saturated heterocycles. The molecule has 0 aliphatic carbocycles. The normalized spacial score (nSPS) is 18.7. The van der Waals surface area contributed by atoms with Crippen LogP contribution in [0.4, 0.5) is 0 Å². The first-order valence-electron chi connectivity index (χ1n) is 13.7. The molecule has 2 amide bonds. The molecule has 8 heteroatoms. The molecule has 2 aliphatic rings. The lowest BCUT2D eigenvalue weighted by atomic mass is 9.77. The zero-order valence-corrected chi connectivity index (χ0v) is 23.7. The zero-order chi connectivity index (χ0) is 27.3. The van der Waals surface area contributed by atoms with Crippen molar-refractivity contribution in [1.29, 1.82) is 0 Å². The maximum absolute atomic E-state index is 13.4. The summed E-state index contributed by atoms with van der Waals surface area (Å²) < 4.78 is 23.4. The summed E-state index contributed by atoms with van der Waals surface area (Å²) in [5.41, 5.74) is 1.80. The van der Waals surface area contributed by atoms with Crippen molar-refractivity contribution >= 4 is 21.7 Å². The third kappa shape index (κ3) is 7.03. The minimum Gasteiger partial charge on any atom is -0.349 e. The highest BCUT2D eigenvalue weighted by Crippen LogP contribution is 2.42. The smallest absolute Gasteiger partial charge is 0.229 e. The molecule has 2 heterocycles. The number of carbonyl (C=O) groups excluding carboxylic acids is 2. The molecule has 1 atom stereocenters. The predicted molar refractivity (Wildman–Crippen MR) is 149 cm³/mol. The van der Waals surface area contributed by atoms with Gasteiger partial charge in [0.05, 0.1) is 16.4 Å². The molecule has 0 bridgehead atoms. The highest BCUT2D eigenvalue weighted by atomic mass is 32.2. The van der Waals surface area contributed by atoms with E-state index in [0.29, 0.717) is 23.8 Å². The first kappa shape index (κ1) is 28.3. The maximum atomic E-state index is 13.4. The lowest BCUT2D eigenvalue weighted by molar-refractivity contribution is -0.139. The topological polar surface area (TPSA) is 86.8 Å². The molecule has 0 saturated carbocycles.